The molecule has 7 heteroatoms. The van der Waals surface area contributed by atoms with E-state index in [-0.39, 0.29) is 5.56 Å². The monoisotopic (exact) mass is 332 g/mol. The molecular formula is C16H17ClN4O2. The van der Waals surface area contributed by atoms with Crippen molar-refractivity contribution in [1.82, 2.24) is 20.6 Å². The molecule has 1 amide bonds. The number of aromatic amines is 1. The number of nitrogens with one attached hydrogen (secondary N) is 3. The molecule has 0 saturated carbocycles. The first kappa shape index (κ1) is 15.7. The molecule has 1 aliphatic heterocycles. The normalized spacial score (nSPS) is 13.5. The van der Waals surface area contributed by atoms with Crippen LogP contribution in [-0.4, -0.2) is 22.4 Å². The Morgan fingerprint density at radius 3 is 3.13 bits per heavy atom. The maximum absolute atomic E-state index is 12.2. The summed E-state index contributed by atoms with van der Waals surface area (Å²) in [4.78, 5) is 30.8. The highest BCUT2D eigenvalue weighted by Gasteiger charge is 2.17. The van der Waals surface area contributed by atoms with Crippen molar-refractivity contribution in [2.24, 2.45) is 0 Å². The highest BCUT2D eigenvalue weighted by atomic mass is 35.5. The lowest BCUT2D eigenvalue weighted by atomic mass is 9.96. The molecule has 0 radical (unpaired) electrons. The standard InChI is InChI=1S/C16H17ClN4O2/c1-9-14(12-2-3-18-5-10(12)6-19-9)8-21-16(23)13-4-11(17)7-20-15(13)22/h4,6-7,18H,2-3,5,8H2,1H3,(H,20,22)(H,21,23). The van der Waals surface area contributed by atoms with Gasteiger partial charge in [0.1, 0.15) is 5.56 Å². The zero-order chi connectivity index (χ0) is 16.4. The molecule has 3 N–H and O–H groups in total. The molecule has 0 aliphatic carbocycles. The second-order valence-electron chi connectivity index (χ2n) is 5.50. The first-order chi connectivity index (χ1) is 11.1. The number of halogens is 1. The van der Waals surface area contributed by atoms with E-state index in [1.165, 1.54) is 17.8 Å². The molecule has 2 aromatic heterocycles. The van der Waals surface area contributed by atoms with Gasteiger partial charge in [-0.2, -0.15) is 0 Å². The Morgan fingerprint density at radius 2 is 2.30 bits per heavy atom. The van der Waals surface area contributed by atoms with Crippen molar-refractivity contribution < 1.29 is 4.79 Å². The third-order valence-electron chi connectivity index (χ3n) is 4.01. The minimum absolute atomic E-state index is 0.00887. The van der Waals surface area contributed by atoms with Crippen LogP contribution in [0.3, 0.4) is 0 Å². The lowest BCUT2D eigenvalue weighted by molar-refractivity contribution is 0.0949. The average molecular weight is 333 g/mol. The number of aryl methyl sites for hydroxylation is 1. The van der Waals surface area contributed by atoms with Gasteiger partial charge >= 0.3 is 0 Å². The van der Waals surface area contributed by atoms with Crippen molar-refractivity contribution in [2.75, 3.05) is 6.54 Å². The van der Waals surface area contributed by atoms with Crippen LogP contribution in [0.5, 0.6) is 0 Å². The summed E-state index contributed by atoms with van der Waals surface area (Å²) >= 11 is 5.83. The number of H-pyrrole nitrogens is 1. The van der Waals surface area contributed by atoms with Gasteiger partial charge in [0.05, 0.1) is 5.02 Å². The number of carbonyl (C=O) groups is 1. The molecule has 0 bridgehead atoms. The number of amides is 1. The molecule has 0 atom stereocenters. The lowest BCUT2D eigenvalue weighted by Crippen LogP contribution is -2.31. The van der Waals surface area contributed by atoms with Crippen molar-refractivity contribution in [3.63, 3.8) is 0 Å². The zero-order valence-corrected chi connectivity index (χ0v) is 13.5. The number of pyridine rings is 2. The number of fused-ring (bicyclic) bond motifs is 1. The lowest BCUT2D eigenvalue weighted by Gasteiger charge is -2.21. The van der Waals surface area contributed by atoms with E-state index in [1.807, 2.05) is 13.1 Å². The zero-order valence-electron chi connectivity index (χ0n) is 12.7. The number of hydrogen-bond donors (Lipinski definition) is 3. The minimum atomic E-state index is -0.457. The van der Waals surface area contributed by atoms with Crippen LogP contribution in [0.25, 0.3) is 0 Å². The Labute approximate surface area is 138 Å². The van der Waals surface area contributed by atoms with Gasteiger partial charge in [-0.15, -0.1) is 0 Å². The molecule has 3 heterocycles. The molecule has 120 valence electrons. The molecule has 2 aromatic rings. The summed E-state index contributed by atoms with van der Waals surface area (Å²) in [6.45, 7) is 3.96. The van der Waals surface area contributed by atoms with Gasteiger partial charge in [-0.05, 0) is 42.6 Å². The fourth-order valence-electron chi connectivity index (χ4n) is 2.77. The van der Waals surface area contributed by atoms with Gasteiger partial charge in [-0.1, -0.05) is 11.6 Å². The van der Waals surface area contributed by atoms with Crippen molar-refractivity contribution in [3.8, 4) is 0 Å². The Hall–Kier alpha value is -2.18. The summed E-state index contributed by atoms with van der Waals surface area (Å²) in [6, 6.07) is 1.37. The fourth-order valence-corrected chi connectivity index (χ4v) is 2.93. The summed E-state index contributed by atoms with van der Waals surface area (Å²) in [7, 11) is 0. The molecule has 0 saturated heterocycles. The third kappa shape index (κ3) is 3.28. The van der Waals surface area contributed by atoms with Gasteiger partial charge in [-0.3, -0.25) is 14.6 Å². The number of hydrogen-bond acceptors (Lipinski definition) is 4. The molecule has 1 aliphatic rings. The third-order valence-corrected chi connectivity index (χ3v) is 4.23. The van der Waals surface area contributed by atoms with Crippen LogP contribution in [-0.2, 0) is 19.5 Å². The molecule has 3 rings (SSSR count). The van der Waals surface area contributed by atoms with Gasteiger partial charge < -0.3 is 15.6 Å². The molecule has 0 fully saturated rings. The van der Waals surface area contributed by atoms with Gasteiger partial charge in [0, 0.05) is 31.2 Å². The van der Waals surface area contributed by atoms with Gasteiger partial charge in [0.15, 0.2) is 0 Å². The van der Waals surface area contributed by atoms with E-state index in [1.54, 1.807) is 0 Å². The van der Waals surface area contributed by atoms with E-state index in [0.29, 0.717) is 11.6 Å². The maximum atomic E-state index is 12.2. The second kappa shape index (κ2) is 6.52. The molecule has 0 unspecified atom stereocenters. The number of nitrogens with zero attached hydrogens (tertiary/aromatic N) is 1. The largest absolute Gasteiger partial charge is 0.348 e. The van der Waals surface area contributed by atoms with E-state index in [9.17, 15) is 9.59 Å². The molecule has 6 nitrogen and oxygen atoms in total. The fraction of sp³-hybridized carbons (Fsp3) is 0.312. The van der Waals surface area contributed by atoms with E-state index in [0.717, 1.165) is 36.3 Å². The number of carbonyl (C=O) groups excluding carboxylic acids is 1. The van der Waals surface area contributed by atoms with Crippen molar-refractivity contribution >= 4 is 17.5 Å². The summed E-state index contributed by atoms with van der Waals surface area (Å²) in [6.07, 6.45) is 4.14. The maximum Gasteiger partial charge on any atom is 0.260 e. The van der Waals surface area contributed by atoms with Crippen LogP contribution < -0.4 is 16.2 Å². The van der Waals surface area contributed by atoms with Crippen molar-refractivity contribution in [1.29, 1.82) is 0 Å². The predicted octanol–water partition coefficient (Wildman–Crippen LogP) is 1.31. The van der Waals surface area contributed by atoms with Crippen LogP contribution in [0.15, 0.2) is 23.3 Å². The highest BCUT2D eigenvalue weighted by Crippen LogP contribution is 2.20. The van der Waals surface area contributed by atoms with Gasteiger partial charge in [-0.25, -0.2) is 0 Å². The summed E-state index contributed by atoms with van der Waals surface area (Å²) < 4.78 is 0. The Morgan fingerprint density at radius 1 is 1.48 bits per heavy atom. The van der Waals surface area contributed by atoms with Crippen LogP contribution in [0.1, 0.15) is 32.7 Å². The van der Waals surface area contributed by atoms with Gasteiger partial charge in [0.25, 0.3) is 11.5 Å². The van der Waals surface area contributed by atoms with Gasteiger partial charge in [0.2, 0.25) is 0 Å². The van der Waals surface area contributed by atoms with Crippen LogP contribution in [0.4, 0.5) is 0 Å². The quantitative estimate of drug-likeness (QED) is 0.791. The van der Waals surface area contributed by atoms with Crippen LogP contribution in [0.2, 0.25) is 5.02 Å². The first-order valence-corrected chi connectivity index (χ1v) is 7.77. The smallest absolute Gasteiger partial charge is 0.260 e. The molecule has 0 spiro atoms. The number of aromatic nitrogens is 2. The average Bonchev–Trinajstić information content (AvgIpc) is 2.56. The predicted molar refractivity (Wildman–Crippen MR) is 87.6 cm³/mol. The summed E-state index contributed by atoms with van der Waals surface area (Å²) in [5.74, 6) is -0.445. The Balaban J connectivity index is 1.82. The van der Waals surface area contributed by atoms with E-state index < -0.39 is 11.5 Å². The molecular weight excluding hydrogens is 316 g/mol. The van der Waals surface area contributed by atoms with Crippen LogP contribution in [0, 0.1) is 6.92 Å². The topological polar surface area (TPSA) is 86.9 Å². The second-order valence-corrected chi connectivity index (χ2v) is 5.93. The Kier molecular flexibility index (Phi) is 4.45. The Bertz CT molecular complexity index is 816. The summed E-state index contributed by atoms with van der Waals surface area (Å²) in [5, 5.41) is 6.42. The van der Waals surface area contributed by atoms with E-state index in [2.05, 4.69) is 20.6 Å². The van der Waals surface area contributed by atoms with E-state index in [4.69, 9.17) is 11.6 Å². The van der Waals surface area contributed by atoms with Crippen LogP contribution >= 0.6 is 11.6 Å². The highest BCUT2D eigenvalue weighted by molar-refractivity contribution is 6.30. The number of rotatable bonds is 3. The minimum Gasteiger partial charge on any atom is -0.348 e. The van der Waals surface area contributed by atoms with Crippen molar-refractivity contribution in [3.05, 3.63) is 61.8 Å². The van der Waals surface area contributed by atoms with Crippen molar-refractivity contribution in [2.45, 2.75) is 26.4 Å². The molecule has 0 aromatic carbocycles. The summed E-state index contributed by atoms with van der Waals surface area (Å²) in [5.41, 5.74) is 3.86. The van der Waals surface area contributed by atoms with E-state index >= 15 is 0 Å². The first-order valence-electron chi connectivity index (χ1n) is 7.39. The SMILES string of the molecule is Cc1ncc2c(c1CNC(=O)c1cc(Cl)c[nH]c1=O)CCNC2. The molecule has 23 heavy (non-hydrogen) atoms.